The van der Waals surface area contributed by atoms with Gasteiger partial charge in [-0.05, 0) is 67.5 Å². The lowest BCUT2D eigenvalue weighted by molar-refractivity contribution is 0.462. The molecule has 1 aliphatic rings. The molecule has 2 aromatic rings. The minimum absolute atomic E-state index is 0.566. The third-order valence-corrected chi connectivity index (χ3v) is 4.36. The van der Waals surface area contributed by atoms with Gasteiger partial charge in [-0.15, -0.1) is 0 Å². The van der Waals surface area contributed by atoms with Crippen LogP contribution in [0.1, 0.15) is 48.9 Å². The maximum atomic E-state index is 4.08. The second-order valence-electron chi connectivity index (χ2n) is 5.98. The third-order valence-electron chi connectivity index (χ3n) is 4.36. The molecule has 0 spiro atoms. The molecule has 1 unspecified atom stereocenters. The van der Waals surface area contributed by atoms with Crippen LogP contribution >= 0.6 is 0 Å². The molecular weight excluding hydrogens is 258 g/mol. The van der Waals surface area contributed by atoms with Crippen LogP contribution < -0.4 is 5.32 Å². The van der Waals surface area contributed by atoms with E-state index in [1.165, 1.54) is 36.8 Å². The molecule has 1 atom stereocenters. The largest absolute Gasteiger partial charge is 0.353 e. The summed E-state index contributed by atoms with van der Waals surface area (Å²) in [6.07, 6.45) is 14.6. The summed E-state index contributed by atoms with van der Waals surface area (Å²) < 4.78 is 2.37. The smallest absolute Gasteiger partial charge is 0.0338 e. The fraction of sp³-hybridized carbons (Fsp3) is 0.500. The molecule has 0 fully saturated rings. The van der Waals surface area contributed by atoms with Gasteiger partial charge in [0.25, 0.3) is 0 Å². The number of fused-ring (bicyclic) bond motifs is 1. The third kappa shape index (κ3) is 3.53. The minimum Gasteiger partial charge on any atom is -0.353 e. The van der Waals surface area contributed by atoms with Crippen molar-refractivity contribution in [2.24, 2.45) is 0 Å². The lowest BCUT2D eigenvalue weighted by Gasteiger charge is -2.23. The number of hydrogen-bond acceptors (Lipinski definition) is 2. The topological polar surface area (TPSA) is 29.9 Å². The molecule has 2 heterocycles. The van der Waals surface area contributed by atoms with E-state index in [1.807, 2.05) is 12.4 Å². The van der Waals surface area contributed by atoms with Crippen molar-refractivity contribution in [1.29, 1.82) is 0 Å². The summed E-state index contributed by atoms with van der Waals surface area (Å²) in [4.78, 5) is 4.08. The maximum Gasteiger partial charge on any atom is 0.0338 e. The molecule has 0 radical (unpaired) electrons. The van der Waals surface area contributed by atoms with Gasteiger partial charge in [-0.3, -0.25) is 4.98 Å². The average molecular weight is 283 g/mol. The van der Waals surface area contributed by atoms with E-state index in [4.69, 9.17) is 0 Å². The summed E-state index contributed by atoms with van der Waals surface area (Å²) in [5.74, 6) is 0. The number of hydrogen-bond donors (Lipinski definition) is 1. The predicted molar refractivity (Wildman–Crippen MR) is 86.3 cm³/mol. The van der Waals surface area contributed by atoms with E-state index in [9.17, 15) is 0 Å². The second-order valence-corrected chi connectivity index (χ2v) is 5.98. The second kappa shape index (κ2) is 6.90. The number of rotatable bonds is 6. The predicted octanol–water partition coefficient (Wildman–Crippen LogP) is 3.50. The first-order valence-corrected chi connectivity index (χ1v) is 8.17. The Bertz CT molecular complexity index is 559. The lowest BCUT2D eigenvalue weighted by atomic mass is 9.91. The number of aromatic nitrogens is 2. The van der Waals surface area contributed by atoms with Crippen LogP contribution in [-0.2, 0) is 19.4 Å². The van der Waals surface area contributed by atoms with Crippen LogP contribution in [0.25, 0.3) is 0 Å². The van der Waals surface area contributed by atoms with Gasteiger partial charge in [0.2, 0.25) is 0 Å². The molecule has 0 aromatic carbocycles. The summed E-state index contributed by atoms with van der Waals surface area (Å²) in [6, 6.07) is 4.78. The Balaban J connectivity index is 1.66. The van der Waals surface area contributed by atoms with E-state index in [0.717, 1.165) is 19.5 Å². The van der Waals surface area contributed by atoms with Crippen LogP contribution in [0, 0.1) is 0 Å². The van der Waals surface area contributed by atoms with Crippen LogP contribution in [0.2, 0.25) is 0 Å². The van der Waals surface area contributed by atoms with Crippen molar-refractivity contribution in [2.45, 2.75) is 51.6 Å². The van der Waals surface area contributed by atoms with Crippen molar-refractivity contribution < 1.29 is 0 Å². The summed E-state index contributed by atoms with van der Waals surface area (Å²) >= 11 is 0. The van der Waals surface area contributed by atoms with Gasteiger partial charge >= 0.3 is 0 Å². The molecule has 0 saturated carbocycles. The van der Waals surface area contributed by atoms with Crippen LogP contribution in [-0.4, -0.2) is 16.1 Å². The normalized spacial score (nSPS) is 17.7. The molecule has 3 heteroatoms. The number of nitrogens with one attached hydrogen (secondary N) is 1. The standard InChI is InChI=1S/C18H25N3/c1-2-9-20-18-5-3-4-16-13-21(14-17(16)18)12-8-15-6-10-19-11-7-15/h6-7,10-11,13-14,18,20H,2-5,8-9,12H2,1H3. The number of pyridine rings is 1. The fourth-order valence-electron chi connectivity index (χ4n) is 3.22. The first-order valence-electron chi connectivity index (χ1n) is 8.17. The van der Waals surface area contributed by atoms with Crippen molar-refractivity contribution in [3.8, 4) is 0 Å². The molecule has 21 heavy (non-hydrogen) atoms. The van der Waals surface area contributed by atoms with Gasteiger partial charge in [0.15, 0.2) is 0 Å². The molecule has 112 valence electrons. The molecule has 0 amide bonds. The Morgan fingerprint density at radius 3 is 2.95 bits per heavy atom. The van der Waals surface area contributed by atoms with Gasteiger partial charge < -0.3 is 9.88 Å². The van der Waals surface area contributed by atoms with Gasteiger partial charge in [0, 0.05) is 37.4 Å². The van der Waals surface area contributed by atoms with Crippen molar-refractivity contribution in [1.82, 2.24) is 14.9 Å². The van der Waals surface area contributed by atoms with Crippen molar-refractivity contribution in [3.63, 3.8) is 0 Å². The van der Waals surface area contributed by atoms with Crippen LogP contribution in [0.5, 0.6) is 0 Å². The molecule has 0 bridgehead atoms. The van der Waals surface area contributed by atoms with E-state index in [0.29, 0.717) is 6.04 Å². The summed E-state index contributed by atoms with van der Waals surface area (Å²) in [5, 5.41) is 3.69. The zero-order valence-electron chi connectivity index (χ0n) is 12.9. The Morgan fingerprint density at radius 1 is 1.29 bits per heavy atom. The highest BCUT2D eigenvalue weighted by atomic mass is 15.0. The Labute approximate surface area is 127 Å². The fourth-order valence-corrected chi connectivity index (χ4v) is 3.22. The van der Waals surface area contributed by atoms with Gasteiger partial charge in [0.05, 0.1) is 0 Å². The van der Waals surface area contributed by atoms with E-state index >= 15 is 0 Å². The highest BCUT2D eigenvalue weighted by Gasteiger charge is 2.21. The summed E-state index contributed by atoms with van der Waals surface area (Å²) in [7, 11) is 0. The zero-order valence-corrected chi connectivity index (χ0v) is 12.9. The first-order chi connectivity index (χ1) is 10.4. The number of nitrogens with zero attached hydrogens (tertiary/aromatic N) is 2. The molecular formula is C18H25N3. The zero-order chi connectivity index (χ0) is 14.5. The van der Waals surface area contributed by atoms with E-state index in [1.54, 1.807) is 5.56 Å². The molecule has 3 rings (SSSR count). The SMILES string of the molecule is CCCNC1CCCc2cn(CCc3ccncc3)cc21. The van der Waals surface area contributed by atoms with Gasteiger partial charge in [0.1, 0.15) is 0 Å². The van der Waals surface area contributed by atoms with E-state index in [2.05, 4.69) is 46.3 Å². The van der Waals surface area contributed by atoms with Gasteiger partial charge in [-0.2, -0.15) is 0 Å². The molecule has 3 nitrogen and oxygen atoms in total. The Hall–Kier alpha value is -1.61. The van der Waals surface area contributed by atoms with Crippen LogP contribution in [0.15, 0.2) is 36.9 Å². The van der Waals surface area contributed by atoms with Crippen LogP contribution in [0.4, 0.5) is 0 Å². The van der Waals surface area contributed by atoms with E-state index < -0.39 is 0 Å². The highest BCUT2D eigenvalue weighted by Crippen LogP contribution is 2.30. The first kappa shape index (κ1) is 14.3. The summed E-state index contributed by atoms with van der Waals surface area (Å²) in [5.41, 5.74) is 4.44. The Kier molecular flexibility index (Phi) is 4.71. The maximum absolute atomic E-state index is 4.08. The van der Waals surface area contributed by atoms with E-state index in [-0.39, 0.29) is 0 Å². The van der Waals surface area contributed by atoms with Crippen molar-refractivity contribution in [2.75, 3.05) is 6.54 Å². The molecule has 1 aliphatic carbocycles. The van der Waals surface area contributed by atoms with Crippen molar-refractivity contribution in [3.05, 3.63) is 53.6 Å². The minimum atomic E-state index is 0.566. The molecule has 1 N–H and O–H groups in total. The summed E-state index contributed by atoms with van der Waals surface area (Å²) in [6.45, 7) is 4.40. The molecule has 2 aromatic heterocycles. The monoisotopic (exact) mass is 283 g/mol. The average Bonchev–Trinajstić information content (AvgIpc) is 2.95. The lowest BCUT2D eigenvalue weighted by Crippen LogP contribution is -2.24. The van der Waals surface area contributed by atoms with Crippen molar-refractivity contribution >= 4 is 0 Å². The highest BCUT2D eigenvalue weighted by molar-refractivity contribution is 5.30. The molecule has 0 aliphatic heterocycles. The van der Waals surface area contributed by atoms with Crippen LogP contribution in [0.3, 0.4) is 0 Å². The van der Waals surface area contributed by atoms with Gasteiger partial charge in [-0.25, -0.2) is 0 Å². The molecule has 0 saturated heterocycles. The Morgan fingerprint density at radius 2 is 2.14 bits per heavy atom. The number of aryl methyl sites for hydroxylation is 3. The van der Waals surface area contributed by atoms with Gasteiger partial charge in [-0.1, -0.05) is 6.92 Å². The quantitative estimate of drug-likeness (QED) is 0.879.